The van der Waals surface area contributed by atoms with Gasteiger partial charge < -0.3 is 20.1 Å². The molecule has 0 aromatic heterocycles. The number of hydrogen-bond donors (Lipinski definition) is 2. The van der Waals surface area contributed by atoms with Crippen LogP contribution in [0.15, 0.2) is 54.6 Å². The molecule has 1 aliphatic rings. The second kappa shape index (κ2) is 10.5. The average Bonchev–Trinajstić information content (AvgIpc) is 2.71. The van der Waals surface area contributed by atoms with E-state index in [4.69, 9.17) is 17.0 Å². The zero-order valence-electron chi connectivity index (χ0n) is 16.2. The van der Waals surface area contributed by atoms with Crippen LogP contribution in [0, 0.1) is 0 Å². The second-order valence-electron chi connectivity index (χ2n) is 6.79. The molecule has 3 rings (SSSR count). The third-order valence-corrected chi connectivity index (χ3v) is 4.97. The normalized spacial score (nSPS) is 16.8. The van der Waals surface area contributed by atoms with Gasteiger partial charge in [-0.15, -0.1) is 0 Å². The Kier molecular flexibility index (Phi) is 7.74. The van der Waals surface area contributed by atoms with Gasteiger partial charge in [0.25, 0.3) is 0 Å². The molecule has 2 N–H and O–H groups in total. The molecule has 0 unspecified atom stereocenters. The van der Waals surface area contributed by atoms with Gasteiger partial charge in [0.1, 0.15) is 5.75 Å². The summed E-state index contributed by atoms with van der Waals surface area (Å²) in [4.78, 5) is 2.40. The Morgan fingerprint density at radius 1 is 1.07 bits per heavy atom. The summed E-state index contributed by atoms with van der Waals surface area (Å²) in [5.74, 6) is 0.106. The largest absolute Gasteiger partial charge is 0.435 e. The minimum absolute atomic E-state index is 0.0388. The van der Waals surface area contributed by atoms with Crippen LogP contribution < -0.4 is 15.4 Å². The first-order valence-electron chi connectivity index (χ1n) is 9.52. The van der Waals surface area contributed by atoms with Crippen LogP contribution in [0.5, 0.6) is 5.75 Å². The molecular formula is C21H25F2N3O2S. The van der Waals surface area contributed by atoms with Crippen molar-refractivity contribution in [3.63, 3.8) is 0 Å². The number of rotatable bonds is 7. The van der Waals surface area contributed by atoms with Crippen molar-refractivity contribution in [1.29, 1.82) is 0 Å². The van der Waals surface area contributed by atoms with Crippen LogP contribution in [0.1, 0.15) is 18.5 Å². The van der Waals surface area contributed by atoms with E-state index in [2.05, 4.69) is 39.3 Å². The number of nitrogens with one attached hydrogen (secondary N) is 2. The van der Waals surface area contributed by atoms with Crippen molar-refractivity contribution < 1.29 is 18.3 Å². The van der Waals surface area contributed by atoms with Gasteiger partial charge in [-0.05, 0) is 49.0 Å². The maximum atomic E-state index is 12.3. The van der Waals surface area contributed by atoms with E-state index in [1.807, 2.05) is 18.2 Å². The van der Waals surface area contributed by atoms with E-state index in [-0.39, 0.29) is 17.8 Å². The van der Waals surface area contributed by atoms with Crippen molar-refractivity contribution in [2.45, 2.75) is 25.6 Å². The maximum Gasteiger partial charge on any atom is 0.387 e. The number of anilines is 1. The highest BCUT2D eigenvalue weighted by Gasteiger charge is 2.28. The molecule has 1 heterocycles. The molecular weight excluding hydrogens is 396 g/mol. The van der Waals surface area contributed by atoms with Crippen molar-refractivity contribution in [1.82, 2.24) is 10.2 Å². The van der Waals surface area contributed by atoms with Gasteiger partial charge in [-0.3, -0.25) is 4.90 Å². The number of hydrogen-bond acceptors (Lipinski definition) is 4. The van der Waals surface area contributed by atoms with E-state index in [0.717, 1.165) is 13.1 Å². The minimum atomic E-state index is -2.84. The third kappa shape index (κ3) is 6.35. The zero-order valence-corrected chi connectivity index (χ0v) is 17.0. The summed E-state index contributed by atoms with van der Waals surface area (Å²) in [6.07, 6.45) is 0. The third-order valence-electron chi connectivity index (χ3n) is 4.75. The molecule has 1 fully saturated rings. The molecule has 5 nitrogen and oxygen atoms in total. The lowest BCUT2D eigenvalue weighted by molar-refractivity contribution is -0.0498. The molecule has 0 radical (unpaired) electrons. The van der Waals surface area contributed by atoms with E-state index in [1.54, 1.807) is 12.1 Å². The highest BCUT2D eigenvalue weighted by Crippen LogP contribution is 2.25. The first-order chi connectivity index (χ1) is 14.0. The molecule has 1 saturated heterocycles. The molecule has 29 heavy (non-hydrogen) atoms. The van der Waals surface area contributed by atoms with Crippen LogP contribution in [0.2, 0.25) is 0 Å². The Hall–Kier alpha value is -2.29. The summed E-state index contributed by atoms with van der Waals surface area (Å²) < 4.78 is 34.4. The molecule has 156 valence electrons. The lowest BCUT2D eigenvalue weighted by Gasteiger charge is -2.38. The number of alkyl halides is 2. The Bertz CT molecular complexity index is 771. The predicted molar refractivity (Wildman–Crippen MR) is 113 cm³/mol. The Labute approximate surface area is 175 Å². The fourth-order valence-electron chi connectivity index (χ4n) is 3.49. The van der Waals surface area contributed by atoms with Gasteiger partial charge in [0.05, 0.1) is 19.3 Å². The molecule has 0 spiro atoms. The summed E-state index contributed by atoms with van der Waals surface area (Å²) in [5.41, 5.74) is 1.91. The SMILES string of the molecule is C[C@@H](NC(=S)Nc1ccc(OC(F)F)cc1)[C@H](c1ccccc1)N1CCOCC1. The van der Waals surface area contributed by atoms with Crippen LogP contribution in [0.25, 0.3) is 0 Å². The molecule has 2 aromatic carbocycles. The van der Waals surface area contributed by atoms with Crippen molar-refractivity contribution in [2.24, 2.45) is 0 Å². The Morgan fingerprint density at radius 2 is 1.72 bits per heavy atom. The van der Waals surface area contributed by atoms with Crippen LogP contribution >= 0.6 is 12.2 Å². The molecule has 8 heteroatoms. The lowest BCUT2D eigenvalue weighted by atomic mass is 9.98. The number of morpholine rings is 1. The van der Waals surface area contributed by atoms with Crippen LogP contribution in [0.3, 0.4) is 0 Å². The van der Waals surface area contributed by atoms with Crippen LogP contribution in [-0.2, 0) is 4.74 Å². The smallest absolute Gasteiger partial charge is 0.387 e. The molecule has 0 saturated carbocycles. The van der Waals surface area contributed by atoms with Crippen LogP contribution in [0.4, 0.5) is 14.5 Å². The van der Waals surface area contributed by atoms with Gasteiger partial charge in [-0.2, -0.15) is 8.78 Å². The lowest BCUT2D eigenvalue weighted by Crippen LogP contribution is -2.49. The molecule has 2 aromatic rings. The van der Waals surface area contributed by atoms with Gasteiger partial charge in [0.2, 0.25) is 0 Å². The highest BCUT2D eigenvalue weighted by molar-refractivity contribution is 7.80. The number of benzene rings is 2. The van der Waals surface area contributed by atoms with Crippen molar-refractivity contribution in [2.75, 3.05) is 31.6 Å². The van der Waals surface area contributed by atoms with Gasteiger partial charge in [0, 0.05) is 24.8 Å². The van der Waals surface area contributed by atoms with Crippen LogP contribution in [-0.4, -0.2) is 49.0 Å². The predicted octanol–water partition coefficient (Wildman–Crippen LogP) is 4.04. The van der Waals surface area contributed by atoms with Crippen molar-refractivity contribution >= 4 is 23.0 Å². The van der Waals surface area contributed by atoms with Gasteiger partial charge in [-0.1, -0.05) is 30.3 Å². The summed E-state index contributed by atoms with van der Waals surface area (Å²) in [6, 6.07) is 16.7. The first-order valence-corrected chi connectivity index (χ1v) is 9.93. The maximum absolute atomic E-state index is 12.3. The molecule has 0 amide bonds. The van der Waals surface area contributed by atoms with E-state index < -0.39 is 6.61 Å². The highest BCUT2D eigenvalue weighted by atomic mass is 32.1. The summed E-state index contributed by atoms with van der Waals surface area (Å²) in [6.45, 7) is 2.40. The number of halogens is 2. The number of ether oxygens (including phenoxy) is 2. The van der Waals surface area contributed by atoms with E-state index in [9.17, 15) is 8.78 Å². The monoisotopic (exact) mass is 421 g/mol. The fourth-order valence-corrected chi connectivity index (χ4v) is 3.80. The summed E-state index contributed by atoms with van der Waals surface area (Å²) in [5, 5.41) is 6.92. The fraction of sp³-hybridized carbons (Fsp3) is 0.381. The Morgan fingerprint density at radius 3 is 2.34 bits per heavy atom. The topological polar surface area (TPSA) is 45.8 Å². The van der Waals surface area contributed by atoms with Crippen molar-refractivity contribution in [3.05, 3.63) is 60.2 Å². The van der Waals surface area contributed by atoms with Gasteiger partial charge in [-0.25, -0.2) is 0 Å². The molecule has 0 aliphatic carbocycles. The Balaban J connectivity index is 1.64. The first kappa shape index (κ1) is 21.4. The quantitative estimate of drug-likeness (QED) is 0.658. The zero-order chi connectivity index (χ0) is 20.6. The summed E-state index contributed by atoms with van der Waals surface area (Å²) >= 11 is 5.47. The van der Waals surface area contributed by atoms with E-state index in [1.165, 1.54) is 17.7 Å². The van der Waals surface area contributed by atoms with E-state index >= 15 is 0 Å². The summed E-state index contributed by atoms with van der Waals surface area (Å²) in [7, 11) is 0. The van der Waals surface area contributed by atoms with E-state index in [0.29, 0.717) is 24.0 Å². The number of thiocarbonyl (C=S) groups is 1. The van der Waals surface area contributed by atoms with Crippen molar-refractivity contribution in [3.8, 4) is 5.75 Å². The molecule has 0 bridgehead atoms. The standard InChI is InChI=1S/C21H25F2N3O2S/c1-15(19(16-5-3-2-4-6-16)26-11-13-27-14-12-26)24-21(29)25-17-7-9-18(10-8-17)28-20(22)23/h2-10,15,19-20H,11-14H2,1H3,(H2,24,25,29)/t15-,19-/m1/s1. The number of nitrogens with zero attached hydrogens (tertiary/aromatic N) is 1. The second-order valence-corrected chi connectivity index (χ2v) is 7.20. The molecule has 1 aliphatic heterocycles. The average molecular weight is 422 g/mol. The minimum Gasteiger partial charge on any atom is -0.435 e. The van der Waals surface area contributed by atoms with Gasteiger partial charge in [0.15, 0.2) is 5.11 Å². The van der Waals surface area contributed by atoms with Gasteiger partial charge >= 0.3 is 6.61 Å². The molecule has 2 atom stereocenters.